The highest BCUT2D eigenvalue weighted by Gasteiger charge is 2.36. The number of hydrogen-bond donors (Lipinski definition) is 1. The van der Waals surface area contributed by atoms with Crippen LogP contribution in [0.4, 0.5) is 0 Å². The molecule has 2 aliphatic carbocycles. The smallest absolute Gasteiger partial charge is 0.0154 e. The molecule has 2 rings (SSSR count). The van der Waals surface area contributed by atoms with Crippen molar-refractivity contribution in [3.63, 3.8) is 0 Å². The number of hydrogen-bond acceptors (Lipinski definition) is 1. The molecule has 2 aliphatic rings. The average molecular weight is 139 g/mol. The first-order chi connectivity index (χ1) is 4.79. The van der Waals surface area contributed by atoms with Gasteiger partial charge in [0.2, 0.25) is 0 Å². The molecule has 10 heavy (non-hydrogen) atoms. The standard InChI is InChI=1S/C9H17N/c1-9(5-6-9)10-7-4-8-2-3-8/h8,10H,2-7H2,1H3. The minimum atomic E-state index is 0.564. The van der Waals surface area contributed by atoms with E-state index in [0.717, 1.165) is 5.92 Å². The highest BCUT2D eigenvalue weighted by Crippen LogP contribution is 2.36. The van der Waals surface area contributed by atoms with Gasteiger partial charge in [0.25, 0.3) is 0 Å². The summed E-state index contributed by atoms with van der Waals surface area (Å²) >= 11 is 0. The Morgan fingerprint density at radius 3 is 2.60 bits per heavy atom. The van der Waals surface area contributed by atoms with Crippen LogP contribution in [0, 0.1) is 5.92 Å². The Morgan fingerprint density at radius 1 is 1.40 bits per heavy atom. The minimum absolute atomic E-state index is 0.564. The molecular weight excluding hydrogens is 122 g/mol. The number of rotatable bonds is 4. The van der Waals surface area contributed by atoms with Gasteiger partial charge < -0.3 is 5.32 Å². The molecule has 0 unspecified atom stereocenters. The van der Waals surface area contributed by atoms with Gasteiger partial charge in [0.1, 0.15) is 0 Å². The lowest BCUT2D eigenvalue weighted by Crippen LogP contribution is -2.28. The maximum absolute atomic E-state index is 3.60. The molecule has 0 aromatic heterocycles. The van der Waals surface area contributed by atoms with Crippen molar-refractivity contribution >= 4 is 0 Å². The molecule has 2 saturated carbocycles. The van der Waals surface area contributed by atoms with Crippen LogP contribution < -0.4 is 5.32 Å². The van der Waals surface area contributed by atoms with E-state index in [1.165, 1.54) is 38.6 Å². The van der Waals surface area contributed by atoms with Crippen molar-refractivity contribution in [2.75, 3.05) is 6.54 Å². The van der Waals surface area contributed by atoms with Gasteiger partial charge in [-0.15, -0.1) is 0 Å². The van der Waals surface area contributed by atoms with Gasteiger partial charge in [-0.25, -0.2) is 0 Å². The van der Waals surface area contributed by atoms with Gasteiger partial charge in [0.15, 0.2) is 0 Å². The predicted molar refractivity (Wildman–Crippen MR) is 43.0 cm³/mol. The van der Waals surface area contributed by atoms with Crippen LogP contribution >= 0.6 is 0 Å². The maximum atomic E-state index is 3.60. The molecule has 0 saturated heterocycles. The first-order valence-corrected chi connectivity index (χ1v) is 4.54. The summed E-state index contributed by atoms with van der Waals surface area (Å²) in [6, 6.07) is 0. The normalized spacial score (nSPS) is 28.5. The van der Waals surface area contributed by atoms with Crippen molar-refractivity contribution < 1.29 is 0 Å². The largest absolute Gasteiger partial charge is 0.312 e. The van der Waals surface area contributed by atoms with Gasteiger partial charge in [-0.3, -0.25) is 0 Å². The summed E-state index contributed by atoms with van der Waals surface area (Å²) in [5.74, 6) is 1.09. The van der Waals surface area contributed by atoms with Crippen LogP contribution in [0.2, 0.25) is 0 Å². The molecule has 0 aromatic carbocycles. The zero-order valence-electron chi connectivity index (χ0n) is 6.82. The van der Waals surface area contributed by atoms with Crippen LogP contribution in [0.25, 0.3) is 0 Å². The lowest BCUT2D eigenvalue weighted by molar-refractivity contribution is 0.511. The van der Waals surface area contributed by atoms with E-state index >= 15 is 0 Å². The molecule has 0 aliphatic heterocycles. The molecule has 1 N–H and O–H groups in total. The van der Waals surface area contributed by atoms with Gasteiger partial charge >= 0.3 is 0 Å². The molecular formula is C9H17N. The van der Waals surface area contributed by atoms with E-state index in [-0.39, 0.29) is 0 Å². The van der Waals surface area contributed by atoms with Crippen molar-refractivity contribution in [2.45, 2.75) is 44.6 Å². The molecule has 58 valence electrons. The zero-order chi connectivity index (χ0) is 7.03. The maximum Gasteiger partial charge on any atom is 0.0154 e. The third-order valence-corrected chi connectivity index (χ3v) is 2.80. The lowest BCUT2D eigenvalue weighted by atomic mass is 10.2. The zero-order valence-corrected chi connectivity index (χ0v) is 6.82. The fourth-order valence-electron chi connectivity index (χ4n) is 1.35. The predicted octanol–water partition coefficient (Wildman–Crippen LogP) is 1.93. The molecule has 0 heterocycles. The SMILES string of the molecule is CC1(NCCC2CC2)CC1. The molecule has 0 spiro atoms. The van der Waals surface area contributed by atoms with Crippen LogP contribution in [0.15, 0.2) is 0 Å². The molecule has 2 fully saturated rings. The van der Waals surface area contributed by atoms with Crippen molar-refractivity contribution in [2.24, 2.45) is 5.92 Å². The van der Waals surface area contributed by atoms with Gasteiger partial charge in [0.05, 0.1) is 0 Å². The fraction of sp³-hybridized carbons (Fsp3) is 1.00. The Labute approximate surface area is 63.2 Å². The second-order valence-corrected chi connectivity index (χ2v) is 4.22. The Morgan fingerprint density at radius 2 is 2.10 bits per heavy atom. The van der Waals surface area contributed by atoms with Crippen LogP contribution in [0.3, 0.4) is 0 Å². The Balaban J connectivity index is 1.54. The van der Waals surface area contributed by atoms with Crippen molar-refractivity contribution in [1.29, 1.82) is 0 Å². The van der Waals surface area contributed by atoms with Crippen LogP contribution in [0.5, 0.6) is 0 Å². The molecule has 0 aromatic rings. The third kappa shape index (κ3) is 1.72. The monoisotopic (exact) mass is 139 g/mol. The van der Waals surface area contributed by atoms with Crippen LogP contribution in [-0.2, 0) is 0 Å². The van der Waals surface area contributed by atoms with E-state index in [4.69, 9.17) is 0 Å². The molecule has 0 bridgehead atoms. The first kappa shape index (κ1) is 6.66. The summed E-state index contributed by atoms with van der Waals surface area (Å²) < 4.78 is 0. The Bertz CT molecular complexity index is 123. The van der Waals surface area contributed by atoms with Crippen LogP contribution in [-0.4, -0.2) is 12.1 Å². The fourth-order valence-corrected chi connectivity index (χ4v) is 1.35. The first-order valence-electron chi connectivity index (χ1n) is 4.54. The van der Waals surface area contributed by atoms with E-state index in [2.05, 4.69) is 12.2 Å². The summed E-state index contributed by atoms with van der Waals surface area (Å²) in [6.07, 6.45) is 7.22. The summed E-state index contributed by atoms with van der Waals surface area (Å²) in [5, 5.41) is 3.60. The van der Waals surface area contributed by atoms with Crippen molar-refractivity contribution in [3.05, 3.63) is 0 Å². The van der Waals surface area contributed by atoms with Gasteiger partial charge in [0, 0.05) is 5.54 Å². The third-order valence-electron chi connectivity index (χ3n) is 2.80. The summed E-state index contributed by atoms with van der Waals surface area (Å²) in [5.41, 5.74) is 0.564. The molecule has 0 atom stereocenters. The van der Waals surface area contributed by atoms with Gasteiger partial charge in [-0.2, -0.15) is 0 Å². The molecule has 0 radical (unpaired) electrons. The van der Waals surface area contributed by atoms with E-state index in [0.29, 0.717) is 5.54 Å². The summed E-state index contributed by atoms with van der Waals surface area (Å²) in [7, 11) is 0. The van der Waals surface area contributed by atoms with E-state index in [9.17, 15) is 0 Å². The van der Waals surface area contributed by atoms with E-state index in [1.54, 1.807) is 0 Å². The van der Waals surface area contributed by atoms with Gasteiger partial charge in [-0.05, 0) is 38.6 Å². The molecule has 1 nitrogen and oxygen atoms in total. The van der Waals surface area contributed by atoms with Crippen molar-refractivity contribution in [1.82, 2.24) is 5.32 Å². The highest BCUT2D eigenvalue weighted by molar-refractivity contribution is 4.97. The quantitative estimate of drug-likeness (QED) is 0.627. The minimum Gasteiger partial charge on any atom is -0.312 e. The second-order valence-electron chi connectivity index (χ2n) is 4.22. The summed E-state index contributed by atoms with van der Waals surface area (Å²) in [4.78, 5) is 0. The average Bonchev–Trinajstić information content (AvgIpc) is 2.70. The second kappa shape index (κ2) is 2.23. The Kier molecular flexibility index (Phi) is 1.48. The van der Waals surface area contributed by atoms with Crippen molar-refractivity contribution in [3.8, 4) is 0 Å². The highest BCUT2D eigenvalue weighted by atomic mass is 15.0. The van der Waals surface area contributed by atoms with Crippen LogP contribution in [0.1, 0.15) is 39.0 Å². The molecule has 1 heteroatoms. The number of nitrogens with one attached hydrogen (secondary N) is 1. The lowest BCUT2D eigenvalue weighted by Gasteiger charge is -2.09. The van der Waals surface area contributed by atoms with Gasteiger partial charge in [-0.1, -0.05) is 12.8 Å². The summed E-state index contributed by atoms with van der Waals surface area (Å²) in [6.45, 7) is 3.60. The van der Waals surface area contributed by atoms with E-state index in [1.807, 2.05) is 0 Å². The molecule has 0 amide bonds. The van der Waals surface area contributed by atoms with E-state index < -0.39 is 0 Å². The Hall–Kier alpha value is -0.0400. The topological polar surface area (TPSA) is 12.0 Å².